The van der Waals surface area contributed by atoms with Gasteiger partial charge in [-0.15, -0.1) is 6.58 Å². The van der Waals surface area contributed by atoms with Crippen LogP contribution in [0.15, 0.2) is 18.9 Å². The first-order valence-electron chi connectivity index (χ1n) is 6.54. The fourth-order valence-electron chi connectivity index (χ4n) is 2.57. The summed E-state index contributed by atoms with van der Waals surface area (Å²) >= 11 is 0. The third-order valence-electron chi connectivity index (χ3n) is 3.61. The van der Waals surface area contributed by atoms with Gasteiger partial charge in [-0.1, -0.05) is 6.08 Å². The molecule has 1 fully saturated rings. The Morgan fingerprint density at radius 2 is 2.32 bits per heavy atom. The quantitative estimate of drug-likeness (QED) is 0.789. The Morgan fingerprint density at radius 3 is 2.89 bits per heavy atom. The highest BCUT2D eigenvalue weighted by Gasteiger charge is 2.35. The SMILES string of the molecule is C=CCC1CCCN(Cc2cn(C)nc2C)S1(=O)=O. The van der Waals surface area contributed by atoms with E-state index >= 15 is 0 Å². The summed E-state index contributed by atoms with van der Waals surface area (Å²) < 4.78 is 28.3. The lowest BCUT2D eigenvalue weighted by atomic mass is 10.1. The molecule has 2 heterocycles. The van der Waals surface area contributed by atoms with Gasteiger partial charge < -0.3 is 0 Å². The van der Waals surface area contributed by atoms with Crippen molar-refractivity contribution in [2.24, 2.45) is 7.05 Å². The van der Waals surface area contributed by atoms with Crippen LogP contribution in [0.3, 0.4) is 0 Å². The second-order valence-corrected chi connectivity index (χ2v) is 7.29. The smallest absolute Gasteiger partial charge is 0.217 e. The van der Waals surface area contributed by atoms with Crippen molar-refractivity contribution in [2.45, 2.75) is 38.0 Å². The first-order valence-corrected chi connectivity index (χ1v) is 8.04. The van der Waals surface area contributed by atoms with Crippen LogP contribution >= 0.6 is 0 Å². The van der Waals surface area contributed by atoms with Crippen molar-refractivity contribution < 1.29 is 8.42 Å². The largest absolute Gasteiger partial charge is 0.275 e. The topological polar surface area (TPSA) is 55.2 Å². The Kier molecular flexibility index (Phi) is 4.10. The molecule has 0 spiro atoms. The van der Waals surface area contributed by atoms with Crippen LogP contribution < -0.4 is 0 Å². The first-order chi connectivity index (χ1) is 8.95. The van der Waals surface area contributed by atoms with Gasteiger partial charge in [-0.3, -0.25) is 4.68 Å². The average molecular weight is 283 g/mol. The maximum atomic E-state index is 12.5. The molecule has 1 aromatic heterocycles. The van der Waals surface area contributed by atoms with Crippen molar-refractivity contribution in [3.8, 4) is 0 Å². The lowest BCUT2D eigenvalue weighted by molar-refractivity contribution is 0.358. The predicted octanol–water partition coefficient (Wildman–Crippen LogP) is 1.60. The van der Waals surface area contributed by atoms with Crippen molar-refractivity contribution in [1.29, 1.82) is 0 Å². The molecule has 1 aliphatic rings. The molecule has 1 saturated heterocycles. The van der Waals surface area contributed by atoms with E-state index in [1.54, 1.807) is 15.1 Å². The van der Waals surface area contributed by atoms with Crippen LogP contribution in [-0.2, 0) is 23.6 Å². The van der Waals surface area contributed by atoms with Gasteiger partial charge >= 0.3 is 0 Å². The summed E-state index contributed by atoms with van der Waals surface area (Å²) in [6.07, 6.45) is 5.77. The minimum absolute atomic E-state index is 0.310. The second-order valence-electron chi connectivity index (χ2n) is 5.08. The summed E-state index contributed by atoms with van der Waals surface area (Å²) in [5, 5.41) is 3.95. The number of sulfonamides is 1. The summed E-state index contributed by atoms with van der Waals surface area (Å²) in [6.45, 7) is 6.59. The Labute approximate surface area is 115 Å². The molecule has 106 valence electrons. The van der Waals surface area contributed by atoms with Crippen LogP contribution in [0.2, 0.25) is 0 Å². The standard InChI is InChI=1S/C13H21N3O2S/c1-4-6-13-7-5-8-16(19(13,17)18)10-12-9-15(3)14-11(12)2/h4,9,13H,1,5-8,10H2,2-3H3. The molecule has 19 heavy (non-hydrogen) atoms. The zero-order valence-corrected chi connectivity index (χ0v) is 12.4. The van der Waals surface area contributed by atoms with Gasteiger partial charge in [-0.05, 0) is 26.2 Å². The summed E-state index contributed by atoms with van der Waals surface area (Å²) in [5.74, 6) is 0. The fourth-order valence-corrected chi connectivity index (χ4v) is 4.54. The van der Waals surface area contributed by atoms with Crippen molar-refractivity contribution in [2.75, 3.05) is 6.54 Å². The van der Waals surface area contributed by atoms with Crippen molar-refractivity contribution >= 4 is 10.0 Å². The zero-order chi connectivity index (χ0) is 14.0. The lowest BCUT2D eigenvalue weighted by Crippen LogP contribution is -2.43. The Hall–Kier alpha value is -1.14. The molecule has 0 radical (unpaired) electrons. The summed E-state index contributed by atoms with van der Waals surface area (Å²) in [4.78, 5) is 0. The van der Waals surface area contributed by atoms with Crippen LogP contribution in [-0.4, -0.2) is 34.3 Å². The normalized spacial score (nSPS) is 23.4. The van der Waals surface area contributed by atoms with Crippen LogP contribution in [0.5, 0.6) is 0 Å². The van der Waals surface area contributed by atoms with Crippen LogP contribution in [0.1, 0.15) is 30.5 Å². The second kappa shape index (κ2) is 5.46. The van der Waals surface area contributed by atoms with E-state index in [4.69, 9.17) is 0 Å². The molecule has 1 unspecified atom stereocenters. The highest BCUT2D eigenvalue weighted by Crippen LogP contribution is 2.26. The van der Waals surface area contributed by atoms with E-state index in [-0.39, 0.29) is 5.25 Å². The minimum Gasteiger partial charge on any atom is -0.275 e. The summed E-state index contributed by atoms with van der Waals surface area (Å²) in [7, 11) is -1.36. The highest BCUT2D eigenvalue weighted by atomic mass is 32.2. The number of nitrogens with zero attached hydrogens (tertiary/aromatic N) is 3. The summed E-state index contributed by atoms with van der Waals surface area (Å²) in [5.41, 5.74) is 1.87. The van der Waals surface area contributed by atoms with E-state index in [0.717, 1.165) is 24.1 Å². The molecule has 0 bridgehead atoms. The minimum atomic E-state index is -3.21. The molecule has 0 N–H and O–H groups in total. The number of hydrogen-bond donors (Lipinski definition) is 0. The number of hydrogen-bond acceptors (Lipinski definition) is 3. The molecule has 0 amide bonds. The van der Waals surface area contributed by atoms with Crippen molar-refractivity contribution in [3.63, 3.8) is 0 Å². The molecule has 5 nitrogen and oxygen atoms in total. The van der Waals surface area contributed by atoms with Crippen LogP contribution in [0.4, 0.5) is 0 Å². The molecule has 0 saturated carbocycles. The number of aromatic nitrogens is 2. The zero-order valence-electron chi connectivity index (χ0n) is 11.5. The van der Waals surface area contributed by atoms with Gasteiger partial charge in [0.1, 0.15) is 0 Å². The maximum absolute atomic E-state index is 12.5. The molecule has 1 aromatic rings. The number of allylic oxidation sites excluding steroid dienone is 1. The fraction of sp³-hybridized carbons (Fsp3) is 0.615. The molecular weight excluding hydrogens is 262 g/mol. The van der Waals surface area contributed by atoms with Gasteiger partial charge in [-0.25, -0.2) is 8.42 Å². The van der Waals surface area contributed by atoms with E-state index in [1.165, 1.54) is 0 Å². The molecule has 1 atom stereocenters. The molecule has 0 aliphatic carbocycles. The van der Waals surface area contributed by atoms with Crippen molar-refractivity contribution in [1.82, 2.24) is 14.1 Å². The van der Waals surface area contributed by atoms with E-state index in [1.807, 2.05) is 20.2 Å². The predicted molar refractivity (Wildman–Crippen MR) is 75.1 cm³/mol. The van der Waals surface area contributed by atoms with Gasteiger partial charge in [0.15, 0.2) is 0 Å². The Balaban J connectivity index is 2.19. The third-order valence-corrected chi connectivity index (χ3v) is 5.91. The molecule has 2 rings (SSSR count). The van der Waals surface area contributed by atoms with Crippen molar-refractivity contribution in [3.05, 3.63) is 30.1 Å². The Bertz CT molecular complexity index is 562. The van der Waals surface area contributed by atoms with Gasteiger partial charge in [0.25, 0.3) is 0 Å². The van der Waals surface area contributed by atoms with Crippen LogP contribution in [0.25, 0.3) is 0 Å². The monoisotopic (exact) mass is 283 g/mol. The third kappa shape index (κ3) is 2.90. The van der Waals surface area contributed by atoms with Gasteiger partial charge in [-0.2, -0.15) is 9.40 Å². The molecular formula is C13H21N3O2S. The Morgan fingerprint density at radius 1 is 1.58 bits per heavy atom. The summed E-state index contributed by atoms with van der Waals surface area (Å²) in [6, 6.07) is 0. The van der Waals surface area contributed by atoms with Crippen LogP contribution in [0, 0.1) is 6.92 Å². The molecule has 1 aliphatic heterocycles. The number of aryl methyl sites for hydroxylation is 2. The van der Waals surface area contributed by atoms with Gasteiger partial charge in [0.2, 0.25) is 10.0 Å². The van der Waals surface area contributed by atoms with E-state index in [9.17, 15) is 8.42 Å². The van der Waals surface area contributed by atoms with E-state index < -0.39 is 10.0 Å². The maximum Gasteiger partial charge on any atom is 0.217 e. The average Bonchev–Trinajstić information content (AvgIpc) is 2.63. The lowest BCUT2D eigenvalue weighted by Gasteiger charge is -2.31. The van der Waals surface area contributed by atoms with E-state index in [2.05, 4.69) is 11.7 Å². The van der Waals surface area contributed by atoms with Gasteiger partial charge in [0.05, 0.1) is 10.9 Å². The molecule has 0 aromatic carbocycles. The van der Waals surface area contributed by atoms with Gasteiger partial charge in [0, 0.05) is 31.9 Å². The van der Waals surface area contributed by atoms with E-state index in [0.29, 0.717) is 19.5 Å². The first kappa shape index (κ1) is 14.3. The highest BCUT2D eigenvalue weighted by molar-refractivity contribution is 7.89. The molecule has 6 heteroatoms. The number of rotatable bonds is 4.